The van der Waals surface area contributed by atoms with Gasteiger partial charge in [-0.25, -0.2) is 9.37 Å². The Morgan fingerprint density at radius 3 is 2.81 bits per heavy atom. The second-order valence-corrected chi connectivity index (χ2v) is 7.23. The molecule has 1 saturated carbocycles. The fourth-order valence-electron chi connectivity index (χ4n) is 3.51. The summed E-state index contributed by atoms with van der Waals surface area (Å²) in [6, 6.07) is 3.43. The number of alkyl halides is 1. The van der Waals surface area contributed by atoms with Crippen molar-refractivity contribution in [2.45, 2.75) is 52.0 Å². The molecule has 3 rings (SSSR count). The monoisotopic (exact) mass is 308 g/mol. The highest BCUT2D eigenvalue weighted by Crippen LogP contribution is 2.34. The van der Waals surface area contributed by atoms with E-state index in [1.54, 1.807) is 6.92 Å². The van der Waals surface area contributed by atoms with E-state index in [9.17, 15) is 4.39 Å². The van der Waals surface area contributed by atoms with E-state index in [2.05, 4.69) is 16.5 Å². The molecule has 114 valence electrons. The smallest absolute Gasteiger partial charge is 0.128 e. The minimum Gasteiger partial charge on any atom is -0.326 e. The first-order chi connectivity index (χ1) is 9.95. The van der Waals surface area contributed by atoms with Crippen LogP contribution in [0.1, 0.15) is 49.9 Å². The van der Waals surface area contributed by atoms with Crippen molar-refractivity contribution in [2.24, 2.45) is 11.8 Å². The van der Waals surface area contributed by atoms with Crippen LogP contribution in [0, 0.1) is 24.6 Å². The summed E-state index contributed by atoms with van der Waals surface area (Å²) in [7, 11) is 0. The van der Waals surface area contributed by atoms with Gasteiger partial charge in [-0.2, -0.15) is 0 Å². The predicted molar refractivity (Wildman–Crippen MR) is 85.2 cm³/mol. The minimum absolute atomic E-state index is 0.167. The highest BCUT2D eigenvalue weighted by Gasteiger charge is 2.24. The highest BCUT2D eigenvalue weighted by molar-refractivity contribution is 6.20. The van der Waals surface area contributed by atoms with Crippen LogP contribution in [0.3, 0.4) is 0 Å². The summed E-state index contributed by atoms with van der Waals surface area (Å²) in [5.74, 6) is 2.14. The van der Waals surface area contributed by atoms with E-state index >= 15 is 0 Å². The molecule has 0 aliphatic heterocycles. The van der Waals surface area contributed by atoms with Gasteiger partial charge in [0.15, 0.2) is 0 Å². The lowest BCUT2D eigenvalue weighted by Crippen LogP contribution is -2.11. The SMILES string of the molecule is Cc1cc2c(cc1F)nc(C(C)Cl)n2CC1CCC(C)C1. The summed E-state index contributed by atoms with van der Waals surface area (Å²) in [6.45, 7) is 6.99. The van der Waals surface area contributed by atoms with Crippen LogP contribution in [0.2, 0.25) is 0 Å². The molecule has 0 N–H and O–H groups in total. The molecule has 1 aliphatic rings. The second kappa shape index (κ2) is 5.60. The third-order valence-electron chi connectivity index (χ3n) is 4.66. The maximum atomic E-state index is 13.8. The van der Waals surface area contributed by atoms with Crippen LogP contribution in [0.5, 0.6) is 0 Å². The summed E-state index contributed by atoms with van der Waals surface area (Å²) < 4.78 is 16.0. The van der Waals surface area contributed by atoms with Gasteiger partial charge in [0, 0.05) is 12.6 Å². The zero-order valence-corrected chi connectivity index (χ0v) is 13.6. The molecular weight excluding hydrogens is 287 g/mol. The maximum absolute atomic E-state index is 13.8. The Bertz CT molecular complexity index is 662. The fourth-order valence-corrected chi connectivity index (χ4v) is 3.68. The van der Waals surface area contributed by atoms with E-state index in [1.165, 1.54) is 25.3 Å². The van der Waals surface area contributed by atoms with Crippen molar-refractivity contribution >= 4 is 22.6 Å². The Morgan fingerprint density at radius 2 is 2.19 bits per heavy atom. The third-order valence-corrected chi connectivity index (χ3v) is 4.85. The number of hydrogen-bond donors (Lipinski definition) is 0. The molecule has 4 heteroatoms. The van der Waals surface area contributed by atoms with Gasteiger partial charge in [0.2, 0.25) is 0 Å². The molecule has 21 heavy (non-hydrogen) atoms. The number of benzene rings is 1. The Kier molecular flexibility index (Phi) is 3.96. The van der Waals surface area contributed by atoms with Crippen LogP contribution in [-0.4, -0.2) is 9.55 Å². The van der Waals surface area contributed by atoms with Gasteiger partial charge in [0.05, 0.1) is 16.4 Å². The van der Waals surface area contributed by atoms with Crippen molar-refractivity contribution in [3.8, 4) is 0 Å². The number of rotatable bonds is 3. The summed E-state index contributed by atoms with van der Waals surface area (Å²) in [5.41, 5.74) is 2.39. The van der Waals surface area contributed by atoms with Crippen LogP contribution in [0.4, 0.5) is 4.39 Å². The normalized spacial score (nSPS) is 23.9. The molecule has 0 amide bonds. The van der Waals surface area contributed by atoms with Gasteiger partial charge in [0.25, 0.3) is 0 Å². The van der Waals surface area contributed by atoms with Crippen molar-refractivity contribution in [1.82, 2.24) is 9.55 Å². The Hall–Kier alpha value is -1.09. The van der Waals surface area contributed by atoms with E-state index in [4.69, 9.17) is 11.6 Å². The van der Waals surface area contributed by atoms with Crippen molar-refractivity contribution < 1.29 is 4.39 Å². The first-order valence-electron chi connectivity index (χ1n) is 7.76. The van der Waals surface area contributed by atoms with Crippen LogP contribution < -0.4 is 0 Å². The molecule has 3 atom stereocenters. The van der Waals surface area contributed by atoms with Crippen molar-refractivity contribution in [2.75, 3.05) is 0 Å². The number of aryl methyl sites for hydroxylation is 1. The summed E-state index contributed by atoms with van der Waals surface area (Å²) in [5, 5.41) is -0.167. The number of fused-ring (bicyclic) bond motifs is 1. The van der Waals surface area contributed by atoms with E-state index in [1.807, 2.05) is 13.0 Å². The number of aromatic nitrogens is 2. The molecule has 3 unspecified atom stereocenters. The molecule has 1 heterocycles. The standard InChI is InChI=1S/C17H22ClFN2/c1-10-4-5-13(6-10)9-21-16-7-11(2)14(19)8-15(16)20-17(21)12(3)18/h7-8,10,12-13H,4-6,9H2,1-3H3. The number of halogens is 2. The lowest BCUT2D eigenvalue weighted by molar-refractivity contribution is 0.438. The third kappa shape index (κ3) is 2.80. The molecule has 2 aromatic rings. The Morgan fingerprint density at radius 1 is 1.43 bits per heavy atom. The van der Waals surface area contributed by atoms with Crippen LogP contribution in [0.25, 0.3) is 11.0 Å². The van der Waals surface area contributed by atoms with Crippen molar-refractivity contribution in [3.63, 3.8) is 0 Å². The quantitative estimate of drug-likeness (QED) is 0.711. The largest absolute Gasteiger partial charge is 0.326 e. The number of hydrogen-bond acceptors (Lipinski definition) is 1. The summed E-state index contributed by atoms with van der Waals surface area (Å²) in [6.07, 6.45) is 3.82. The van der Waals surface area contributed by atoms with Crippen molar-refractivity contribution in [1.29, 1.82) is 0 Å². The van der Waals surface area contributed by atoms with Crippen LogP contribution in [-0.2, 0) is 6.54 Å². The topological polar surface area (TPSA) is 17.8 Å². The first kappa shape index (κ1) is 14.8. The van der Waals surface area contributed by atoms with Gasteiger partial charge in [-0.15, -0.1) is 11.6 Å². The highest BCUT2D eigenvalue weighted by atomic mass is 35.5. The lowest BCUT2D eigenvalue weighted by atomic mass is 10.1. The second-order valence-electron chi connectivity index (χ2n) is 6.57. The molecule has 2 nitrogen and oxygen atoms in total. The van der Waals surface area contributed by atoms with E-state index in [0.29, 0.717) is 17.0 Å². The number of nitrogens with zero attached hydrogens (tertiary/aromatic N) is 2. The van der Waals surface area contributed by atoms with Crippen LogP contribution in [0.15, 0.2) is 12.1 Å². The molecule has 0 spiro atoms. The first-order valence-corrected chi connectivity index (χ1v) is 8.19. The van der Waals surface area contributed by atoms with E-state index < -0.39 is 0 Å². The molecule has 1 aromatic heterocycles. The van der Waals surface area contributed by atoms with Crippen molar-refractivity contribution in [3.05, 3.63) is 29.3 Å². The van der Waals surface area contributed by atoms with Gasteiger partial charge in [-0.3, -0.25) is 0 Å². The molecule has 0 bridgehead atoms. The van der Waals surface area contributed by atoms with E-state index in [0.717, 1.165) is 23.8 Å². The van der Waals surface area contributed by atoms with Gasteiger partial charge < -0.3 is 4.57 Å². The molecule has 1 aromatic carbocycles. The zero-order chi connectivity index (χ0) is 15.1. The molecule has 0 saturated heterocycles. The van der Waals surface area contributed by atoms with Gasteiger partial charge in [-0.05, 0) is 50.2 Å². The lowest BCUT2D eigenvalue weighted by Gasteiger charge is -2.15. The predicted octanol–water partition coefficient (Wildman–Crippen LogP) is 5.22. The molecular formula is C17H22ClFN2. The number of imidazole rings is 1. The molecule has 1 fully saturated rings. The van der Waals surface area contributed by atoms with Gasteiger partial charge in [0.1, 0.15) is 11.6 Å². The van der Waals surface area contributed by atoms with Gasteiger partial charge in [-0.1, -0.05) is 13.3 Å². The molecule has 1 aliphatic carbocycles. The van der Waals surface area contributed by atoms with E-state index in [-0.39, 0.29) is 11.2 Å². The fraction of sp³-hybridized carbons (Fsp3) is 0.588. The maximum Gasteiger partial charge on any atom is 0.128 e. The Balaban J connectivity index is 2.05. The summed E-state index contributed by atoms with van der Waals surface area (Å²) >= 11 is 6.30. The van der Waals surface area contributed by atoms with Crippen LogP contribution >= 0.6 is 11.6 Å². The molecule has 0 radical (unpaired) electrons. The zero-order valence-electron chi connectivity index (χ0n) is 12.9. The average molecular weight is 309 g/mol. The average Bonchev–Trinajstić information content (AvgIpc) is 2.96. The Labute approximate surface area is 130 Å². The van der Waals surface area contributed by atoms with Gasteiger partial charge >= 0.3 is 0 Å². The summed E-state index contributed by atoms with van der Waals surface area (Å²) in [4.78, 5) is 4.57. The minimum atomic E-state index is -0.199.